The molecule has 0 aliphatic carbocycles. The summed E-state index contributed by atoms with van der Waals surface area (Å²) in [6.07, 6.45) is 2.04. The molecule has 2 aromatic rings. The molecule has 1 fully saturated rings. The molecule has 1 aromatic heterocycles. The minimum absolute atomic E-state index is 0.0312. The lowest BCUT2D eigenvalue weighted by molar-refractivity contribution is 0.0820. The fourth-order valence-electron chi connectivity index (χ4n) is 3.10. The summed E-state index contributed by atoms with van der Waals surface area (Å²) in [5.74, 6) is 1.58. The summed E-state index contributed by atoms with van der Waals surface area (Å²) in [6.45, 7) is 8.22. The number of hydrogen-bond acceptors (Lipinski definition) is 3. The van der Waals surface area contributed by atoms with Gasteiger partial charge in [0.05, 0.1) is 22.7 Å². The van der Waals surface area contributed by atoms with Crippen molar-refractivity contribution in [2.24, 2.45) is 0 Å². The van der Waals surface area contributed by atoms with Crippen LogP contribution in [0.3, 0.4) is 0 Å². The number of imidazole rings is 1. The van der Waals surface area contributed by atoms with E-state index in [1.807, 2.05) is 18.2 Å². The third-order valence-corrected chi connectivity index (χ3v) is 4.07. The maximum Gasteiger partial charge on any atom is 0.113 e. The second kappa shape index (κ2) is 5.16. The summed E-state index contributed by atoms with van der Waals surface area (Å²) < 4.78 is 7.81. The van der Waals surface area contributed by atoms with Crippen molar-refractivity contribution in [3.63, 3.8) is 0 Å². The Balaban J connectivity index is 2.19. The van der Waals surface area contributed by atoms with E-state index in [-0.39, 0.29) is 5.54 Å². The van der Waals surface area contributed by atoms with E-state index >= 15 is 0 Å². The topological polar surface area (TPSA) is 50.8 Å². The zero-order chi connectivity index (χ0) is 15.0. The lowest BCUT2D eigenvalue weighted by Crippen LogP contribution is -2.27. The van der Waals surface area contributed by atoms with Crippen molar-refractivity contribution in [1.82, 2.24) is 9.55 Å². The SMILES string of the molecule is CC(C)(C)n1c(C2CCOCC2)nc2cc(C#N)ccc21. The third-order valence-electron chi connectivity index (χ3n) is 4.07. The fraction of sp³-hybridized carbons (Fsp3) is 0.529. The largest absolute Gasteiger partial charge is 0.381 e. The van der Waals surface area contributed by atoms with Gasteiger partial charge < -0.3 is 9.30 Å². The summed E-state index contributed by atoms with van der Waals surface area (Å²) in [7, 11) is 0. The highest BCUT2D eigenvalue weighted by Gasteiger charge is 2.27. The van der Waals surface area contributed by atoms with Gasteiger partial charge in [0, 0.05) is 24.7 Å². The molecule has 0 unspecified atom stereocenters. The van der Waals surface area contributed by atoms with Gasteiger partial charge >= 0.3 is 0 Å². The number of rotatable bonds is 1. The second-order valence-electron chi connectivity index (χ2n) is 6.68. The van der Waals surface area contributed by atoms with E-state index in [2.05, 4.69) is 31.4 Å². The van der Waals surface area contributed by atoms with Crippen LogP contribution in [-0.2, 0) is 10.3 Å². The van der Waals surface area contributed by atoms with Gasteiger partial charge in [-0.25, -0.2) is 4.98 Å². The van der Waals surface area contributed by atoms with E-state index in [1.165, 1.54) is 0 Å². The van der Waals surface area contributed by atoms with Crippen LogP contribution in [-0.4, -0.2) is 22.8 Å². The Morgan fingerprint density at radius 3 is 2.62 bits per heavy atom. The normalized spacial score (nSPS) is 17.0. The van der Waals surface area contributed by atoms with Gasteiger partial charge in [0.25, 0.3) is 0 Å². The summed E-state index contributed by atoms with van der Waals surface area (Å²) >= 11 is 0. The fourth-order valence-corrected chi connectivity index (χ4v) is 3.10. The van der Waals surface area contributed by atoms with Gasteiger partial charge in [-0.3, -0.25) is 0 Å². The van der Waals surface area contributed by atoms with Crippen molar-refractivity contribution in [3.05, 3.63) is 29.6 Å². The number of ether oxygens (including phenoxy) is 1. The molecule has 21 heavy (non-hydrogen) atoms. The number of hydrogen-bond donors (Lipinski definition) is 0. The van der Waals surface area contributed by atoms with Crippen LogP contribution >= 0.6 is 0 Å². The first kappa shape index (κ1) is 14.1. The highest BCUT2D eigenvalue weighted by Crippen LogP contribution is 2.33. The molecule has 4 heteroatoms. The van der Waals surface area contributed by atoms with E-state index in [9.17, 15) is 0 Å². The van der Waals surface area contributed by atoms with E-state index in [1.54, 1.807) is 0 Å². The zero-order valence-corrected chi connectivity index (χ0v) is 12.9. The summed E-state index contributed by atoms with van der Waals surface area (Å²) in [4.78, 5) is 4.87. The highest BCUT2D eigenvalue weighted by atomic mass is 16.5. The van der Waals surface area contributed by atoms with Crippen LogP contribution in [0.25, 0.3) is 11.0 Å². The average Bonchev–Trinajstić information content (AvgIpc) is 2.86. The zero-order valence-electron chi connectivity index (χ0n) is 12.9. The molecular weight excluding hydrogens is 262 g/mol. The van der Waals surface area contributed by atoms with Crippen LogP contribution in [0.5, 0.6) is 0 Å². The summed E-state index contributed by atoms with van der Waals surface area (Å²) in [5, 5.41) is 9.08. The molecule has 0 saturated carbocycles. The molecule has 1 aromatic carbocycles. The number of fused-ring (bicyclic) bond motifs is 1. The van der Waals surface area contributed by atoms with Crippen LogP contribution < -0.4 is 0 Å². The molecular formula is C17H21N3O. The predicted molar refractivity (Wildman–Crippen MR) is 82.2 cm³/mol. The molecule has 0 radical (unpaired) electrons. The average molecular weight is 283 g/mol. The van der Waals surface area contributed by atoms with Gasteiger partial charge in [-0.15, -0.1) is 0 Å². The Hall–Kier alpha value is -1.86. The monoisotopic (exact) mass is 283 g/mol. The number of nitrogens with zero attached hydrogens (tertiary/aromatic N) is 3. The number of benzene rings is 1. The summed E-state index contributed by atoms with van der Waals surface area (Å²) in [6, 6.07) is 7.98. The van der Waals surface area contributed by atoms with Crippen molar-refractivity contribution >= 4 is 11.0 Å². The molecule has 0 atom stereocenters. The molecule has 4 nitrogen and oxygen atoms in total. The quantitative estimate of drug-likeness (QED) is 0.804. The molecule has 3 rings (SSSR count). The lowest BCUT2D eigenvalue weighted by Gasteiger charge is -2.29. The first-order valence-electron chi connectivity index (χ1n) is 7.51. The van der Waals surface area contributed by atoms with Crippen molar-refractivity contribution < 1.29 is 4.74 Å². The molecule has 1 aliphatic heterocycles. The van der Waals surface area contributed by atoms with E-state index in [4.69, 9.17) is 15.0 Å². The first-order valence-corrected chi connectivity index (χ1v) is 7.51. The molecule has 2 heterocycles. The highest BCUT2D eigenvalue weighted by molar-refractivity contribution is 5.78. The summed E-state index contributed by atoms with van der Waals surface area (Å²) in [5.41, 5.74) is 2.67. The van der Waals surface area contributed by atoms with Gasteiger partial charge in [-0.05, 0) is 51.8 Å². The Bertz CT molecular complexity index is 697. The minimum atomic E-state index is -0.0312. The molecule has 0 N–H and O–H groups in total. The number of nitriles is 1. The molecule has 1 aliphatic rings. The Morgan fingerprint density at radius 1 is 1.29 bits per heavy atom. The van der Waals surface area contributed by atoms with Crippen molar-refractivity contribution in [2.45, 2.75) is 45.1 Å². The van der Waals surface area contributed by atoms with Gasteiger partial charge in [0.1, 0.15) is 5.82 Å². The van der Waals surface area contributed by atoms with Crippen LogP contribution in [0.15, 0.2) is 18.2 Å². The van der Waals surface area contributed by atoms with Crippen LogP contribution in [0.4, 0.5) is 0 Å². The van der Waals surface area contributed by atoms with E-state index in [0.29, 0.717) is 11.5 Å². The predicted octanol–water partition coefficient (Wildman–Crippen LogP) is 3.56. The molecule has 1 saturated heterocycles. The molecule has 110 valence electrons. The van der Waals surface area contributed by atoms with Gasteiger partial charge in [0.15, 0.2) is 0 Å². The Kier molecular flexibility index (Phi) is 3.46. The Labute approximate surface area is 125 Å². The van der Waals surface area contributed by atoms with E-state index in [0.717, 1.165) is 42.9 Å². The molecule has 0 spiro atoms. The molecule has 0 amide bonds. The van der Waals surface area contributed by atoms with Crippen molar-refractivity contribution in [2.75, 3.05) is 13.2 Å². The standard InChI is InChI=1S/C17H21N3O/c1-17(2,3)20-15-5-4-12(11-18)10-14(15)19-16(20)13-6-8-21-9-7-13/h4-5,10,13H,6-9H2,1-3H3. The second-order valence-corrected chi connectivity index (χ2v) is 6.68. The smallest absolute Gasteiger partial charge is 0.113 e. The van der Waals surface area contributed by atoms with Crippen LogP contribution in [0.1, 0.15) is 50.9 Å². The van der Waals surface area contributed by atoms with Crippen LogP contribution in [0.2, 0.25) is 0 Å². The molecule has 0 bridgehead atoms. The maximum absolute atomic E-state index is 9.08. The number of aromatic nitrogens is 2. The lowest BCUT2D eigenvalue weighted by atomic mass is 9.97. The Morgan fingerprint density at radius 2 is 2.00 bits per heavy atom. The first-order chi connectivity index (χ1) is 10.0. The van der Waals surface area contributed by atoms with Gasteiger partial charge in [-0.2, -0.15) is 5.26 Å². The van der Waals surface area contributed by atoms with Gasteiger partial charge in [0.2, 0.25) is 0 Å². The van der Waals surface area contributed by atoms with Crippen LogP contribution in [0, 0.1) is 11.3 Å². The van der Waals surface area contributed by atoms with Gasteiger partial charge in [-0.1, -0.05) is 0 Å². The minimum Gasteiger partial charge on any atom is -0.381 e. The van der Waals surface area contributed by atoms with Crippen molar-refractivity contribution in [1.29, 1.82) is 5.26 Å². The van der Waals surface area contributed by atoms with Crippen molar-refractivity contribution in [3.8, 4) is 6.07 Å². The van der Waals surface area contributed by atoms with E-state index < -0.39 is 0 Å². The maximum atomic E-state index is 9.08. The third kappa shape index (κ3) is 2.54.